The molecule has 96 valence electrons. The lowest BCUT2D eigenvalue weighted by Crippen LogP contribution is -2.26. The summed E-state index contributed by atoms with van der Waals surface area (Å²) >= 11 is 0. The number of amides is 1. The fourth-order valence-electron chi connectivity index (χ4n) is 2.60. The van der Waals surface area contributed by atoms with Gasteiger partial charge >= 0.3 is 0 Å². The Labute approximate surface area is 107 Å². The van der Waals surface area contributed by atoms with E-state index in [1.807, 2.05) is 29.2 Å². The molecule has 2 aliphatic rings. The van der Waals surface area contributed by atoms with Crippen LogP contribution in [-0.4, -0.2) is 31.7 Å². The Morgan fingerprint density at radius 1 is 1.33 bits per heavy atom. The summed E-state index contributed by atoms with van der Waals surface area (Å²) in [5.41, 5.74) is 2.05. The number of ether oxygens (including phenoxy) is 1. The van der Waals surface area contributed by atoms with E-state index >= 15 is 0 Å². The molecular formula is C14H18N2O2. The van der Waals surface area contributed by atoms with Gasteiger partial charge in [-0.25, -0.2) is 0 Å². The molecule has 1 unspecified atom stereocenters. The van der Waals surface area contributed by atoms with Gasteiger partial charge in [0.05, 0.1) is 24.0 Å². The van der Waals surface area contributed by atoms with E-state index < -0.39 is 0 Å². The normalized spacial score (nSPS) is 23.7. The molecule has 2 aliphatic heterocycles. The van der Waals surface area contributed by atoms with Crippen LogP contribution in [0.3, 0.4) is 0 Å². The fourth-order valence-corrected chi connectivity index (χ4v) is 2.60. The van der Waals surface area contributed by atoms with Crippen LogP contribution in [0, 0.1) is 0 Å². The maximum Gasteiger partial charge on any atom is 0.227 e. The van der Waals surface area contributed by atoms with Gasteiger partial charge in [-0.05, 0) is 25.0 Å². The van der Waals surface area contributed by atoms with Crippen molar-refractivity contribution in [2.45, 2.75) is 25.3 Å². The molecule has 0 aliphatic carbocycles. The van der Waals surface area contributed by atoms with Crippen LogP contribution in [0.2, 0.25) is 0 Å². The van der Waals surface area contributed by atoms with Crippen molar-refractivity contribution in [3.8, 4) is 0 Å². The number of carbonyl (C=O) groups is 1. The third kappa shape index (κ3) is 2.20. The second kappa shape index (κ2) is 4.98. The number of para-hydroxylation sites is 2. The molecular weight excluding hydrogens is 228 g/mol. The summed E-state index contributed by atoms with van der Waals surface area (Å²) in [5.74, 6) is 0.229. The average molecular weight is 246 g/mol. The second-order valence-corrected chi connectivity index (χ2v) is 4.87. The van der Waals surface area contributed by atoms with Crippen molar-refractivity contribution >= 4 is 17.3 Å². The Morgan fingerprint density at radius 3 is 2.94 bits per heavy atom. The van der Waals surface area contributed by atoms with E-state index in [2.05, 4.69) is 5.32 Å². The average Bonchev–Trinajstić information content (AvgIpc) is 3.02. The summed E-state index contributed by atoms with van der Waals surface area (Å²) < 4.78 is 5.37. The van der Waals surface area contributed by atoms with E-state index in [4.69, 9.17) is 4.74 Å². The van der Waals surface area contributed by atoms with Gasteiger partial charge in [-0.1, -0.05) is 12.1 Å². The highest BCUT2D eigenvalue weighted by Crippen LogP contribution is 2.30. The summed E-state index contributed by atoms with van der Waals surface area (Å²) in [6.45, 7) is 2.41. The van der Waals surface area contributed by atoms with Crippen LogP contribution in [0.1, 0.15) is 19.3 Å². The fraction of sp³-hybridized carbons (Fsp3) is 0.500. The van der Waals surface area contributed by atoms with Crippen LogP contribution in [0.15, 0.2) is 24.3 Å². The number of rotatable bonds is 3. The number of nitrogens with one attached hydrogen (secondary N) is 1. The van der Waals surface area contributed by atoms with E-state index in [0.717, 1.165) is 44.0 Å². The Morgan fingerprint density at radius 2 is 2.22 bits per heavy atom. The third-order valence-corrected chi connectivity index (χ3v) is 3.56. The van der Waals surface area contributed by atoms with Gasteiger partial charge in [-0.2, -0.15) is 0 Å². The maximum absolute atomic E-state index is 11.8. The molecule has 1 N–H and O–H groups in total. The standard InChI is InChI=1S/C14H18N2O2/c17-14-6-3-8-16(14)13-5-2-1-4-12(13)15-11-7-9-18-10-11/h1-2,4-5,11,15H,3,6-10H2. The molecule has 3 rings (SSSR count). The minimum atomic E-state index is 0.229. The van der Waals surface area contributed by atoms with Crippen molar-refractivity contribution in [3.63, 3.8) is 0 Å². The maximum atomic E-state index is 11.8. The summed E-state index contributed by atoms with van der Waals surface area (Å²) in [5, 5.41) is 3.49. The van der Waals surface area contributed by atoms with Crippen LogP contribution in [0.25, 0.3) is 0 Å². The van der Waals surface area contributed by atoms with Crippen molar-refractivity contribution in [2.24, 2.45) is 0 Å². The summed E-state index contributed by atoms with van der Waals surface area (Å²) in [7, 11) is 0. The van der Waals surface area contributed by atoms with Crippen LogP contribution in [-0.2, 0) is 9.53 Å². The third-order valence-electron chi connectivity index (χ3n) is 3.56. The van der Waals surface area contributed by atoms with E-state index in [-0.39, 0.29) is 5.91 Å². The van der Waals surface area contributed by atoms with Gasteiger partial charge in [0.1, 0.15) is 0 Å². The molecule has 0 bridgehead atoms. The van der Waals surface area contributed by atoms with Crippen LogP contribution in [0.4, 0.5) is 11.4 Å². The number of hydrogen-bond donors (Lipinski definition) is 1. The highest BCUT2D eigenvalue weighted by Gasteiger charge is 2.24. The van der Waals surface area contributed by atoms with Crippen molar-refractivity contribution in [3.05, 3.63) is 24.3 Å². The largest absolute Gasteiger partial charge is 0.379 e. The number of anilines is 2. The molecule has 2 heterocycles. The van der Waals surface area contributed by atoms with Gasteiger partial charge in [0.25, 0.3) is 0 Å². The predicted octanol–water partition coefficient (Wildman–Crippen LogP) is 2.01. The molecule has 1 aromatic carbocycles. The zero-order chi connectivity index (χ0) is 12.4. The molecule has 0 aromatic heterocycles. The SMILES string of the molecule is O=C1CCCN1c1ccccc1NC1CCOC1. The molecule has 1 atom stereocenters. The predicted molar refractivity (Wildman–Crippen MR) is 70.9 cm³/mol. The Hall–Kier alpha value is -1.55. The zero-order valence-electron chi connectivity index (χ0n) is 10.4. The highest BCUT2D eigenvalue weighted by molar-refractivity contribution is 5.98. The Balaban J connectivity index is 1.82. The van der Waals surface area contributed by atoms with Gasteiger partial charge in [0.15, 0.2) is 0 Å². The first-order valence-electron chi connectivity index (χ1n) is 6.58. The van der Waals surface area contributed by atoms with Crippen molar-refractivity contribution in [1.29, 1.82) is 0 Å². The molecule has 0 spiro atoms. The summed E-state index contributed by atoms with van der Waals surface area (Å²) in [6, 6.07) is 8.41. The van der Waals surface area contributed by atoms with Crippen molar-refractivity contribution in [1.82, 2.24) is 0 Å². The molecule has 4 nitrogen and oxygen atoms in total. The van der Waals surface area contributed by atoms with Gasteiger partial charge < -0.3 is 15.0 Å². The van der Waals surface area contributed by atoms with Gasteiger partial charge in [-0.3, -0.25) is 4.79 Å². The van der Waals surface area contributed by atoms with Crippen LogP contribution < -0.4 is 10.2 Å². The van der Waals surface area contributed by atoms with E-state index in [0.29, 0.717) is 12.5 Å². The Bertz CT molecular complexity index is 441. The van der Waals surface area contributed by atoms with Crippen molar-refractivity contribution < 1.29 is 9.53 Å². The molecule has 1 aromatic rings. The highest BCUT2D eigenvalue weighted by atomic mass is 16.5. The summed E-state index contributed by atoms with van der Waals surface area (Å²) in [6.07, 6.45) is 2.66. The molecule has 18 heavy (non-hydrogen) atoms. The lowest BCUT2D eigenvalue weighted by atomic mass is 10.2. The first-order chi connectivity index (χ1) is 8.84. The van der Waals surface area contributed by atoms with Crippen LogP contribution in [0.5, 0.6) is 0 Å². The van der Waals surface area contributed by atoms with Crippen molar-refractivity contribution in [2.75, 3.05) is 30.0 Å². The lowest BCUT2D eigenvalue weighted by Gasteiger charge is -2.22. The van der Waals surface area contributed by atoms with E-state index in [9.17, 15) is 4.79 Å². The minimum absolute atomic E-state index is 0.229. The quantitative estimate of drug-likeness (QED) is 0.887. The minimum Gasteiger partial charge on any atom is -0.379 e. The van der Waals surface area contributed by atoms with Gasteiger partial charge in [0, 0.05) is 19.6 Å². The molecule has 0 radical (unpaired) electrons. The first kappa shape index (κ1) is 11.5. The molecule has 1 amide bonds. The molecule has 4 heteroatoms. The van der Waals surface area contributed by atoms with Gasteiger partial charge in [0.2, 0.25) is 5.91 Å². The number of hydrogen-bond acceptors (Lipinski definition) is 3. The second-order valence-electron chi connectivity index (χ2n) is 4.87. The first-order valence-corrected chi connectivity index (χ1v) is 6.58. The Kier molecular flexibility index (Phi) is 3.19. The number of carbonyl (C=O) groups excluding carboxylic acids is 1. The molecule has 0 saturated carbocycles. The lowest BCUT2D eigenvalue weighted by molar-refractivity contribution is -0.117. The smallest absolute Gasteiger partial charge is 0.227 e. The molecule has 2 fully saturated rings. The van der Waals surface area contributed by atoms with E-state index in [1.54, 1.807) is 0 Å². The van der Waals surface area contributed by atoms with Crippen LogP contribution >= 0.6 is 0 Å². The number of nitrogens with zero attached hydrogens (tertiary/aromatic N) is 1. The van der Waals surface area contributed by atoms with E-state index in [1.165, 1.54) is 0 Å². The monoisotopic (exact) mass is 246 g/mol. The number of benzene rings is 1. The summed E-state index contributed by atoms with van der Waals surface area (Å²) in [4.78, 5) is 13.7. The zero-order valence-corrected chi connectivity index (χ0v) is 10.4. The van der Waals surface area contributed by atoms with Gasteiger partial charge in [-0.15, -0.1) is 0 Å². The topological polar surface area (TPSA) is 41.6 Å². The molecule has 2 saturated heterocycles.